The minimum atomic E-state index is -3.23. The molecule has 0 saturated carbocycles. The van der Waals surface area contributed by atoms with Gasteiger partial charge in [0.1, 0.15) is 6.73 Å². The summed E-state index contributed by atoms with van der Waals surface area (Å²) in [5.74, 6) is 0. The van der Waals surface area contributed by atoms with E-state index in [4.69, 9.17) is 5.11 Å². The van der Waals surface area contributed by atoms with Crippen LogP contribution in [0.5, 0.6) is 0 Å². The zero-order chi connectivity index (χ0) is 11.8. The zero-order valence-electron chi connectivity index (χ0n) is 8.97. The van der Waals surface area contributed by atoms with Gasteiger partial charge in [-0.1, -0.05) is 0 Å². The molecule has 0 aliphatic carbocycles. The zero-order valence-corrected chi connectivity index (χ0v) is 9.79. The van der Waals surface area contributed by atoms with Crippen molar-refractivity contribution in [2.24, 2.45) is 0 Å². The van der Waals surface area contributed by atoms with Crippen LogP contribution in [0.25, 0.3) is 0 Å². The summed E-state index contributed by atoms with van der Waals surface area (Å²) < 4.78 is 24.6. The molecule has 0 spiro atoms. The molecule has 6 heteroatoms. The second kappa shape index (κ2) is 3.95. The number of anilines is 2. The van der Waals surface area contributed by atoms with Crippen molar-refractivity contribution < 1.29 is 13.5 Å². The molecular weight excluding hydrogens is 228 g/mol. The van der Waals surface area contributed by atoms with E-state index in [2.05, 4.69) is 4.72 Å². The van der Waals surface area contributed by atoms with Gasteiger partial charge in [0, 0.05) is 17.9 Å². The third kappa shape index (κ3) is 2.28. The van der Waals surface area contributed by atoms with Gasteiger partial charge < -0.3 is 10.0 Å². The molecule has 0 radical (unpaired) electrons. The summed E-state index contributed by atoms with van der Waals surface area (Å²) >= 11 is 0. The highest BCUT2D eigenvalue weighted by atomic mass is 32.2. The first-order valence-corrected chi connectivity index (χ1v) is 6.85. The van der Waals surface area contributed by atoms with Crippen molar-refractivity contribution >= 4 is 21.4 Å². The first-order valence-electron chi connectivity index (χ1n) is 4.96. The Morgan fingerprint density at radius 3 is 2.88 bits per heavy atom. The molecule has 0 aromatic heterocycles. The maximum absolute atomic E-state index is 11.1. The van der Waals surface area contributed by atoms with Gasteiger partial charge in [-0.25, -0.2) is 8.42 Å². The normalized spacial score (nSPS) is 15.0. The summed E-state index contributed by atoms with van der Waals surface area (Å²) in [5, 5.41) is 9.08. The van der Waals surface area contributed by atoms with Crippen molar-refractivity contribution in [3.8, 4) is 0 Å². The van der Waals surface area contributed by atoms with Crippen LogP contribution in [0.4, 0.5) is 11.4 Å². The van der Waals surface area contributed by atoms with E-state index in [0.29, 0.717) is 5.69 Å². The van der Waals surface area contributed by atoms with Crippen LogP contribution in [-0.2, 0) is 16.4 Å². The van der Waals surface area contributed by atoms with Gasteiger partial charge in [0.2, 0.25) is 10.0 Å². The lowest BCUT2D eigenvalue weighted by molar-refractivity contribution is 0.294. The second-order valence-corrected chi connectivity index (χ2v) is 5.62. The standard InChI is InChI=1S/C10H14N2O3S/c1-16(14,15)11-9-2-3-10-8(6-9)4-5-12(10)7-13/h2-3,6,11,13H,4-5,7H2,1H3. The SMILES string of the molecule is CS(=O)(=O)Nc1ccc2c(c1)CCN2CO. The van der Waals surface area contributed by atoms with Crippen LogP contribution in [0, 0.1) is 0 Å². The molecule has 0 bridgehead atoms. The van der Waals surface area contributed by atoms with Gasteiger partial charge in [0.05, 0.1) is 6.26 Å². The van der Waals surface area contributed by atoms with Crippen molar-refractivity contribution in [2.75, 3.05) is 29.2 Å². The minimum absolute atomic E-state index is 0.00808. The average molecular weight is 242 g/mol. The summed E-state index contributed by atoms with van der Waals surface area (Å²) in [6.07, 6.45) is 1.95. The van der Waals surface area contributed by atoms with Crippen molar-refractivity contribution in [3.05, 3.63) is 23.8 Å². The number of hydrogen-bond donors (Lipinski definition) is 2. The molecule has 1 heterocycles. The van der Waals surface area contributed by atoms with Gasteiger partial charge in [-0.15, -0.1) is 0 Å². The lowest BCUT2D eigenvalue weighted by Gasteiger charge is -2.15. The van der Waals surface area contributed by atoms with E-state index >= 15 is 0 Å². The fourth-order valence-electron chi connectivity index (χ4n) is 1.89. The molecule has 0 fully saturated rings. The molecule has 0 atom stereocenters. The molecule has 0 amide bonds. The Bertz CT molecular complexity index is 499. The maximum atomic E-state index is 11.1. The van der Waals surface area contributed by atoms with Crippen LogP contribution in [0.1, 0.15) is 5.56 Å². The molecule has 88 valence electrons. The number of hydrogen-bond acceptors (Lipinski definition) is 4. The molecule has 0 unspecified atom stereocenters. The van der Waals surface area contributed by atoms with Crippen LogP contribution in [0.2, 0.25) is 0 Å². The maximum Gasteiger partial charge on any atom is 0.229 e. The fraction of sp³-hybridized carbons (Fsp3) is 0.400. The summed E-state index contributed by atoms with van der Waals surface area (Å²) in [5.41, 5.74) is 2.60. The lowest BCUT2D eigenvalue weighted by Crippen LogP contribution is -2.20. The number of benzene rings is 1. The molecule has 2 N–H and O–H groups in total. The molecular formula is C10H14N2O3S. The van der Waals surface area contributed by atoms with Crippen molar-refractivity contribution in [1.82, 2.24) is 0 Å². The van der Waals surface area contributed by atoms with Gasteiger partial charge in [-0.3, -0.25) is 4.72 Å². The number of sulfonamides is 1. The molecule has 1 aliphatic rings. The molecule has 2 rings (SSSR count). The molecule has 1 aromatic rings. The first-order chi connectivity index (χ1) is 7.49. The van der Waals surface area contributed by atoms with E-state index in [-0.39, 0.29) is 6.73 Å². The Hall–Kier alpha value is -1.27. The quantitative estimate of drug-likeness (QED) is 0.803. The Morgan fingerprint density at radius 1 is 1.50 bits per heavy atom. The highest BCUT2D eigenvalue weighted by Crippen LogP contribution is 2.29. The van der Waals surface area contributed by atoms with Gasteiger partial charge in [0.25, 0.3) is 0 Å². The third-order valence-electron chi connectivity index (χ3n) is 2.55. The summed E-state index contributed by atoms with van der Waals surface area (Å²) in [4.78, 5) is 1.85. The number of fused-ring (bicyclic) bond motifs is 1. The highest BCUT2D eigenvalue weighted by Gasteiger charge is 2.18. The first kappa shape index (κ1) is 11.2. The Labute approximate surface area is 94.8 Å². The Kier molecular flexibility index (Phi) is 2.77. The van der Waals surface area contributed by atoms with Gasteiger partial charge in [-0.2, -0.15) is 0 Å². The smallest absolute Gasteiger partial charge is 0.229 e. The van der Waals surface area contributed by atoms with Crippen LogP contribution < -0.4 is 9.62 Å². The molecule has 16 heavy (non-hydrogen) atoms. The van der Waals surface area contributed by atoms with Crippen molar-refractivity contribution in [1.29, 1.82) is 0 Å². The monoisotopic (exact) mass is 242 g/mol. The molecule has 1 aromatic carbocycles. The van der Waals surface area contributed by atoms with Crippen LogP contribution >= 0.6 is 0 Å². The van der Waals surface area contributed by atoms with E-state index in [1.54, 1.807) is 6.07 Å². The second-order valence-electron chi connectivity index (χ2n) is 3.87. The predicted octanol–water partition coefficient (Wildman–Crippen LogP) is 0.370. The van der Waals surface area contributed by atoms with E-state index in [0.717, 1.165) is 30.5 Å². The van der Waals surface area contributed by atoms with Gasteiger partial charge in [0.15, 0.2) is 0 Å². The summed E-state index contributed by atoms with van der Waals surface area (Å²) in [6, 6.07) is 5.34. The van der Waals surface area contributed by atoms with E-state index in [1.165, 1.54) is 0 Å². The van der Waals surface area contributed by atoms with Crippen molar-refractivity contribution in [3.63, 3.8) is 0 Å². The number of aliphatic hydroxyl groups is 1. The Balaban J connectivity index is 2.28. The van der Waals surface area contributed by atoms with Crippen LogP contribution in [0.3, 0.4) is 0 Å². The minimum Gasteiger partial charge on any atom is -0.376 e. The summed E-state index contributed by atoms with van der Waals surface area (Å²) in [6.45, 7) is 0.764. The number of aliphatic hydroxyl groups excluding tert-OH is 1. The van der Waals surface area contributed by atoms with Gasteiger partial charge in [-0.05, 0) is 30.2 Å². The lowest BCUT2D eigenvalue weighted by atomic mass is 10.1. The average Bonchev–Trinajstić information content (AvgIpc) is 2.57. The number of nitrogens with one attached hydrogen (secondary N) is 1. The topological polar surface area (TPSA) is 69.6 Å². The van der Waals surface area contributed by atoms with Crippen LogP contribution in [0.15, 0.2) is 18.2 Å². The summed E-state index contributed by atoms with van der Waals surface area (Å²) in [7, 11) is -3.23. The van der Waals surface area contributed by atoms with E-state index in [9.17, 15) is 8.42 Å². The highest BCUT2D eigenvalue weighted by molar-refractivity contribution is 7.92. The third-order valence-corrected chi connectivity index (χ3v) is 3.15. The Morgan fingerprint density at radius 2 is 2.25 bits per heavy atom. The molecule has 5 nitrogen and oxygen atoms in total. The fourth-order valence-corrected chi connectivity index (χ4v) is 2.45. The van der Waals surface area contributed by atoms with Crippen molar-refractivity contribution in [2.45, 2.75) is 6.42 Å². The van der Waals surface area contributed by atoms with Gasteiger partial charge >= 0.3 is 0 Å². The van der Waals surface area contributed by atoms with Crippen LogP contribution in [-0.4, -0.2) is 33.1 Å². The van der Waals surface area contributed by atoms with E-state index < -0.39 is 10.0 Å². The predicted molar refractivity (Wildman–Crippen MR) is 63.0 cm³/mol. The molecule has 1 aliphatic heterocycles. The van der Waals surface area contributed by atoms with E-state index in [1.807, 2.05) is 17.0 Å². The molecule has 0 saturated heterocycles. The number of rotatable bonds is 3. The number of nitrogens with zero attached hydrogens (tertiary/aromatic N) is 1. The largest absolute Gasteiger partial charge is 0.376 e.